The van der Waals surface area contributed by atoms with Gasteiger partial charge in [0.1, 0.15) is 0 Å². The first kappa shape index (κ1) is 13.9. The smallest absolute Gasteiger partial charge is 0.00385 e. The summed E-state index contributed by atoms with van der Waals surface area (Å²) in [6, 6.07) is 0.698. The lowest BCUT2D eigenvalue weighted by atomic mass is 10.2. The minimum absolute atomic E-state index is 0.698. The number of rotatable bonds is 9. The topological polar surface area (TPSA) is 15.3 Å². The number of nitrogens with zero attached hydrogens (tertiary/aromatic N) is 1. The van der Waals surface area contributed by atoms with E-state index in [1.54, 1.807) is 0 Å². The maximum absolute atomic E-state index is 3.20. The van der Waals surface area contributed by atoms with Crippen LogP contribution in [0.2, 0.25) is 0 Å². The third-order valence-corrected chi connectivity index (χ3v) is 2.65. The summed E-state index contributed by atoms with van der Waals surface area (Å²) in [6.45, 7) is 10.5. The van der Waals surface area contributed by atoms with E-state index in [1.807, 2.05) is 7.05 Å². The molecule has 0 atom stereocenters. The molecule has 0 aliphatic heterocycles. The first-order valence-corrected chi connectivity index (χ1v) is 6.11. The highest BCUT2D eigenvalue weighted by atomic mass is 15.1. The molecule has 0 saturated carbocycles. The van der Waals surface area contributed by atoms with Crippen LogP contribution in [0.25, 0.3) is 0 Å². The van der Waals surface area contributed by atoms with Crippen molar-refractivity contribution in [2.24, 2.45) is 0 Å². The second kappa shape index (κ2) is 9.47. The summed E-state index contributed by atoms with van der Waals surface area (Å²) in [6.07, 6.45) is 5.31. The lowest BCUT2D eigenvalue weighted by Gasteiger charge is -2.26. The molecule has 0 bridgehead atoms. The Balaban J connectivity index is 3.55. The van der Waals surface area contributed by atoms with Crippen molar-refractivity contribution < 1.29 is 0 Å². The van der Waals surface area contributed by atoms with Gasteiger partial charge in [0.25, 0.3) is 0 Å². The van der Waals surface area contributed by atoms with Crippen molar-refractivity contribution in [1.82, 2.24) is 10.2 Å². The molecule has 0 aliphatic carbocycles. The van der Waals surface area contributed by atoms with E-state index in [-0.39, 0.29) is 0 Å². The summed E-state index contributed by atoms with van der Waals surface area (Å²) in [5.74, 6) is 0. The zero-order valence-electron chi connectivity index (χ0n) is 10.5. The molecule has 0 aromatic carbocycles. The highest BCUT2D eigenvalue weighted by Crippen LogP contribution is 2.03. The minimum atomic E-state index is 0.698. The summed E-state index contributed by atoms with van der Waals surface area (Å²) >= 11 is 0. The van der Waals surface area contributed by atoms with Crippen LogP contribution in [0.5, 0.6) is 0 Å². The van der Waals surface area contributed by atoms with E-state index in [1.165, 1.54) is 38.8 Å². The fraction of sp³-hybridized carbons (Fsp3) is 1.00. The molecule has 0 aliphatic rings. The average Bonchev–Trinajstić information content (AvgIpc) is 2.15. The fourth-order valence-electron chi connectivity index (χ4n) is 1.65. The third-order valence-electron chi connectivity index (χ3n) is 2.65. The van der Waals surface area contributed by atoms with Crippen molar-refractivity contribution in [3.05, 3.63) is 0 Å². The molecule has 0 spiro atoms. The van der Waals surface area contributed by atoms with Crippen molar-refractivity contribution in [2.75, 3.05) is 26.7 Å². The Morgan fingerprint density at radius 2 is 1.71 bits per heavy atom. The van der Waals surface area contributed by atoms with E-state index < -0.39 is 0 Å². The molecule has 2 heteroatoms. The second-order valence-electron chi connectivity index (χ2n) is 4.29. The highest BCUT2D eigenvalue weighted by molar-refractivity contribution is 4.63. The molecule has 0 radical (unpaired) electrons. The van der Waals surface area contributed by atoms with Gasteiger partial charge in [-0.1, -0.05) is 19.8 Å². The molecular formula is C12H28N2. The zero-order valence-corrected chi connectivity index (χ0v) is 10.5. The summed E-state index contributed by atoms with van der Waals surface area (Å²) in [7, 11) is 2.02. The molecule has 14 heavy (non-hydrogen) atoms. The lowest BCUT2D eigenvalue weighted by molar-refractivity contribution is 0.214. The Morgan fingerprint density at radius 3 is 2.21 bits per heavy atom. The first-order chi connectivity index (χ1) is 6.72. The van der Waals surface area contributed by atoms with Crippen LogP contribution in [0.3, 0.4) is 0 Å². The molecule has 0 saturated heterocycles. The highest BCUT2D eigenvalue weighted by Gasteiger charge is 2.07. The van der Waals surface area contributed by atoms with E-state index in [2.05, 4.69) is 31.0 Å². The van der Waals surface area contributed by atoms with Gasteiger partial charge in [-0.15, -0.1) is 0 Å². The van der Waals surface area contributed by atoms with Crippen LogP contribution >= 0.6 is 0 Å². The molecule has 0 heterocycles. The quantitative estimate of drug-likeness (QED) is 0.575. The van der Waals surface area contributed by atoms with Crippen molar-refractivity contribution in [2.45, 2.75) is 52.5 Å². The largest absolute Gasteiger partial charge is 0.320 e. The molecule has 0 unspecified atom stereocenters. The predicted molar refractivity (Wildman–Crippen MR) is 64.8 cm³/mol. The lowest BCUT2D eigenvalue weighted by Crippen LogP contribution is -2.34. The SMILES string of the molecule is CCCCCN(CCCNC)C(C)C. The minimum Gasteiger partial charge on any atom is -0.320 e. The Kier molecular flexibility index (Phi) is 9.42. The Bertz CT molecular complexity index is 103. The van der Waals surface area contributed by atoms with Crippen LogP contribution in [0.15, 0.2) is 0 Å². The summed E-state index contributed by atoms with van der Waals surface area (Å²) in [5, 5.41) is 3.20. The predicted octanol–water partition coefficient (Wildman–Crippen LogP) is 2.50. The van der Waals surface area contributed by atoms with Gasteiger partial charge < -0.3 is 10.2 Å². The Labute approximate surface area is 90.1 Å². The third kappa shape index (κ3) is 7.34. The number of unbranched alkanes of at least 4 members (excludes halogenated alkanes) is 2. The second-order valence-corrected chi connectivity index (χ2v) is 4.29. The maximum atomic E-state index is 3.20. The van der Waals surface area contributed by atoms with Crippen molar-refractivity contribution in [3.8, 4) is 0 Å². The van der Waals surface area contributed by atoms with Crippen molar-refractivity contribution >= 4 is 0 Å². The summed E-state index contributed by atoms with van der Waals surface area (Å²) in [5.41, 5.74) is 0. The van der Waals surface area contributed by atoms with E-state index in [0.717, 1.165) is 6.54 Å². The zero-order chi connectivity index (χ0) is 10.8. The molecule has 1 N–H and O–H groups in total. The van der Waals surface area contributed by atoms with Crippen LogP contribution in [0.1, 0.15) is 46.5 Å². The van der Waals surface area contributed by atoms with Gasteiger partial charge in [0.2, 0.25) is 0 Å². The standard InChI is InChI=1S/C12H28N2/c1-5-6-7-10-14(12(2)3)11-8-9-13-4/h12-13H,5-11H2,1-4H3. The number of hydrogen-bond acceptors (Lipinski definition) is 2. The van der Waals surface area contributed by atoms with E-state index in [4.69, 9.17) is 0 Å². The average molecular weight is 200 g/mol. The molecule has 0 fully saturated rings. The first-order valence-electron chi connectivity index (χ1n) is 6.11. The molecule has 2 nitrogen and oxygen atoms in total. The van der Waals surface area contributed by atoms with Crippen molar-refractivity contribution in [3.63, 3.8) is 0 Å². The summed E-state index contributed by atoms with van der Waals surface area (Å²) < 4.78 is 0. The molecule has 0 rings (SSSR count). The van der Waals surface area contributed by atoms with Gasteiger partial charge in [0.15, 0.2) is 0 Å². The maximum Gasteiger partial charge on any atom is 0.00385 e. The van der Waals surface area contributed by atoms with Crippen molar-refractivity contribution in [1.29, 1.82) is 0 Å². The number of hydrogen-bond donors (Lipinski definition) is 1. The molecular weight excluding hydrogens is 172 g/mol. The van der Waals surface area contributed by atoms with Crippen LogP contribution in [-0.2, 0) is 0 Å². The molecule has 0 aromatic rings. The van der Waals surface area contributed by atoms with Gasteiger partial charge in [0, 0.05) is 6.04 Å². The van der Waals surface area contributed by atoms with Crippen LogP contribution in [-0.4, -0.2) is 37.6 Å². The fourth-order valence-corrected chi connectivity index (χ4v) is 1.65. The molecule has 0 aromatic heterocycles. The van der Waals surface area contributed by atoms with Crippen LogP contribution < -0.4 is 5.32 Å². The van der Waals surface area contributed by atoms with Gasteiger partial charge in [-0.25, -0.2) is 0 Å². The van der Waals surface area contributed by atoms with Gasteiger partial charge in [-0.2, -0.15) is 0 Å². The Hall–Kier alpha value is -0.0800. The molecule has 0 amide bonds. The van der Waals surface area contributed by atoms with Gasteiger partial charge in [-0.05, 0) is 53.4 Å². The molecule has 86 valence electrons. The Morgan fingerprint density at radius 1 is 1.07 bits per heavy atom. The van der Waals surface area contributed by atoms with E-state index in [0.29, 0.717) is 6.04 Å². The van der Waals surface area contributed by atoms with Gasteiger partial charge >= 0.3 is 0 Å². The summed E-state index contributed by atoms with van der Waals surface area (Å²) in [4.78, 5) is 2.59. The van der Waals surface area contributed by atoms with Crippen LogP contribution in [0, 0.1) is 0 Å². The number of nitrogens with one attached hydrogen (secondary N) is 1. The van der Waals surface area contributed by atoms with E-state index >= 15 is 0 Å². The monoisotopic (exact) mass is 200 g/mol. The van der Waals surface area contributed by atoms with Crippen LogP contribution in [0.4, 0.5) is 0 Å². The van der Waals surface area contributed by atoms with E-state index in [9.17, 15) is 0 Å². The van der Waals surface area contributed by atoms with Gasteiger partial charge in [-0.3, -0.25) is 0 Å². The van der Waals surface area contributed by atoms with Gasteiger partial charge in [0.05, 0.1) is 0 Å². The normalized spacial score (nSPS) is 11.6.